The summed E-state index contributed by atoms with van der Waals surface area (Å²) in [5.41, 5.74) is 1.41. The molecule has 0 aromatic heterocycles. The van der Waals surface area contributed by atoms with Crippen molar-refractivity contribution in [3.63, 3.8) is 0 Å². The quantitative estimate of drug-likeness (QED) is 0.669. The first-order valence-electron chi connectivity index (χ1n) is 5.75. The predicted octanol–water partition coefficient (Wildman–Crippen LogP) is 2.55. The molecule has 0 bridgehead atoms. The second kappa shape index (κ2) is 9.70. The first kappa shape index (κ1) is 13.6. The van der Waals surface area contributed by atoms with Crippen LogP contribution in [0, 0.1) is 0 Å². The smallest absolute Gasteiger partial charge is 0.0474 e. The summed E-state index contributed by atoms with van der Waals surface area (Å²) in [6.07, 6.45) is 1.10. The minimum atomic E-state index is 0.851. The van der Waals surface area contributed by atoms with Crippen LogP contribution in [0.3, 0.4) is 0 Å². The van der Waals surface area contributed by atoms with Crippen molar-refractivity contribution in [2.75, 3.05) is 32.6 Å². The zero-order valence-corrected chi connectivity index (χ0v) is 10.8. The maximum absolute atomic E-state index is 4.98. The molecule has 0 aliphatic rings. The summed E-state index contributed by atoms with van der Waals surface area (Å²) in [4.78, 5) is 0. The zero-order chi connectivity index (χ0) is 11.5. The van der Waals surface area contributed by atoms with Crippen molar-refractivity contribution in [1.29, 1.82) is 0 Å². The molecule has 1 rings (SSSR count). The van der Waals surface area contributed by atoms with Crippen molar-refractivity contribution in [3.05, 3.63) is 35.9 Å². The van der Waals surface area contributed by atoms with Crippen LogP contribution in [-0.4, -0.2) is 32.6 Å². The van der Waals surface area contributed by atoms with Gasteiger partial charge in [-0.05, 0) is 18.5 Å². The van der Waals surface area contributed by atoms with E-state index in [-0.39, 0.29) is 0 Å². The van der Waals surface area contributed by atoms with Gasteiger partial charge in [-0.25, -0.2) is 0 Å². The first-order chi connectivity index (χ1) is 7.93. The van der Waals surface area contributed by atoms with E-state index in [0.29, 0.717) is 0 Å². The van der Waals surface area contributed by atoms with Gasteiger partial charge in [0.05, 0.1) is 0 Å². The molecule has 0 aliphatic heterocycles. The molecule has 0 saturated heterocycles. The summed E-state index contributed by atoms with van der Waals surface area (Å²) in [7, 11) is 1.75. The highest BCUT2D eigenvalue weighted by atomic mass is 32.2. The van der Waals surface area contributed by atoms with Crippen molar-refractivity contribution in [3.8, 4) is 0 Å². The maximum Gasteiger partial charge on any atom is 0.0474 e. The van der Waals surface area contributed by atoms with E-state index in [1.54, 1.807) is 7.11 Å². The zero-order valence-electron chi connectivity index (χ0n) is 9.95. The van der Waals surface area contributed by atoms with Crippen LogP contribution in [0.15, 0.2) is 30.3 Å². The lowest BCUT2D eigenvalue weighted by molar-refractivity contribution is 0.194. The Labute approximate surface area is 103 Å². The molecule has 3 heteroatoms. The van der Waals surface area contributed by atoms with E-state index in [0.717, 1.165) is 31.9 Å². The molecule has 0 radical (unpaired) electrons. The Kier molecular flexibility index (Phi) is 8.22. The number of nitrogens with one attached hydrogen (secondary N) is 1. The first-order valence-corrected chi connectivity index (χ1v) is 6.90. The minimum absolute atomic E-state index is 0.851. The van der Waals surface area contributed by atoms with Crippen LogP contribution in [0.5, 0.6) is 0 Å². The van der Waals surface area contributed by atoms with Crippen LogP contribution in [0.25, 0.3) is 0 Å². The van der Waals surface area contributed by atoms with Crippen LogP contribution in [-0.2, 0) is 10.5 Å². The molecule has 0 heterocycles. The van der Waals surface area contributed by atoms with Gasteiger partial charge in [0.15, 0.2) is 0 Å². The molecule has 0 saturated carbocycles. The number of benzene rings is 1. The molecular formula is C13H21NOS. The third-order valence-corrected chi connectivity index (χ3v) is 3.27. The fourth-order valence-electron chi connectivity index (χ4n) is 1.38. The van der Waals surface area contributed by atoms with Gasteiger partial charge in [0, 0.05) is 31.8 Å². The van der Waals surface area contributed by atoms with Crippen LogP contribution in [0.4, 0.5) is 0 Å². The molecule has 0 fully saturated rings. The Morgan fingerprint density at radius 1 is 1.19 bits per heavy atom. The lowest BCUT2D eigenvalue weighted by Gasteiger charge is -2.04. The van der Waals surface area contributed by atoms with Gasteiger partial charge in [-0.3, -0.25) is 0 Å². The van der Waals surface area contributed by atoms with Crippen LogP contribution >= 0.6 is 11.8 Å². The van der Waals surface area contributed by atoms with Crippen LogP contribution in [0.1, 0.15) is 12.0 Å². The molecule has 90 valence electrons. The van der Waals surface area contributed by atoms with E-state index in [2.05, 4.69) is 35.6 Å². The lowest BCUT2D eigenvalue weighted by Crippen LogP contribution is -2.19. The highest BCUT2D eigenvalue weighted by molar-refractivity contribution is 7.98. The van der Waals surface area contributed by atoms with Gasteiger partial charge in [-0.15, -0.1) is 0 Å². The van der Waals surface area contributed by atoms with Crippen molar-refractivity contribution in [2.45, 2.75) is 12.2 Å². The Morgan fingerprint density at radius 3 is 2.75 bits per heavy atom. The number of hydrogen-bond acceptors (Lipinski definition) is 3. The summed E-state index contributed by atoms with van der Waals surface area (Å²) >= 11 is 1.98. The van der Waals surface area contributed by atoms with Gasteiger partial charge in [0.1, 0.15) is 0 Å². The molecule has 0 spiro atoms. The lowest BCUT2D eigenvalue weighted by atomic mass is 10.2. The normalized spacial score (nSPS) is 10.6. The third-order valence-electron chi connectivity index (χ3n) is 2.24. The maximum atomic E-state index is 4.98. The molecule has 2 nitrogen and oxygen atoms in total. The largest absolute Gasteiger partial charge is 0.385 e. The van der Waals surface area contributed by atoms with Crippen molar-refractivity contribution in [1.82, 2.24) is 5.32 Å². The number of methoxy groups -OCH3 is 1. The predicted molar refractivity (Wildman–Crippen MR) is 72.0 cm³/mol. The monoisotopic (exact) mass is 239 g/mol. The van der Waals surface area contributed by atoms with E-state index in [4.69, 9.17) is 4.74 Å². The average Bonchev–Trinajstić information content (AvgIpc) is 2.34. The Bertz CT molecular complexity index is 253. The fourth-order valence-corrected chi connectivity index (χ4v) is 2.24. The minimum Gasteiger partial charge on any atom is -0.385 e. The summed E-state index contributed by atoms with van der Waals surface area (Å²) in [5.74, 6) is 2.28. The molecule has 0 amide bonds. The third kappa shape index (κ3) is 6.88. The molecular weight excluding hydrogens is 218 g/mol. The molecule has 1 aromatic rings. The number of ether oxygens (including phenoxy) is 1. The van der Waals surface area contributed by atoms with Gasteiger partial charge in [0.2, 0.25) is 0 Å². The van der Waals surface area contributed by atoms with Gasteiger partial charge in [-0.2, -0.15) is 11.8 Å². The molecule has 0 aliphatic carbocycles. The fraction of sp³-hybridized carbons (Fsp3) is 0.538. The van der Waals surface area contributed by atoms with E-state index in [1.807, 2.05) is 11.8 Å². The summed E-state index contributed by atoms with van der Waals surface area (Å²) < 4.78 is 4.98. The van der Waals surface area contributed by atoms with Crippen LogP contribution < -0.4 is 5.32 Å². The Morgan fingerprint density at radius 2 is 2.00 bits per heavy atom. The van der Waals surface area contributed by atoms with E-state index < -0.39 is 0 Å². The molecule has 16 heavy (non-hydrogen) atoms. The van der Waals surface area contributed by atoms with Gasteiger partial charge >= 0.3 is 0 Å². The van der Waals surface area contributed by atoms with E-state index in [9.17, 15) is 0 Å². The molecule has 0 unspecified atom stereocenters. The highest BCUT2D eigenvalue weighted by Gasteiger charge is 1.92. The number of rotatable bonds is 9. The van der Waals surface area contributed by atoms with Crippen LogP contribution in [0.2, 0.25) is 0 Å². The molecule has 0 atom stereocenters. The highest BCUT2D eigenvalue weighted by Crippen LogP contribution is 2.10. The van der Waals surface area contributed by atoms with E-state index >= 15 is 0 Å². The van der Waals surface area contributed by atoms with Crippen molar-refractivity contribution < 1.29 is 4.74 Å². The topological polar surface area (TPSA) is 21.3 Å². The standard InChI is InChI=1S/C13H21NOS/c1-15-10-5-8-14-9-11-16-12-13-6-3-2-4-7-13/h2-4,6-7,14H,5,8-12H2,1H3. The second-order valence-corrected chi connectivity index (χ2v) is 4.74. The molecule has 1 aromatic carbocycles. The Balaban J connectivity index is 1.89. The van der Waals surface area contributed by atoms with Crippen molar-refractivity contribution >= 4 is 11.8 Å². The SMILES string of the molecule is COCCCNCCSCc1ccccc1. The second-order valence-electron chi connectivity index (χ2n) is 3.63. The Hall–Kier alpha value is -0.510. The van der Waals surface area contributed by atoms with E-state index in [1.165, 1.54) is 11.3 Å². The summed E-state index contributed by atoms with van der Waals surface area (Å²) in [6.45, 7) is 2.99. The van der Waals surface area contributed by atoms with Gasteiger partial charge in [-0.1, -0.05) is 30.3 Å². The van der Waals surface area contributed by atoms with Crippen molar-refractivity contribution in [2.24, 2.45) is 0 Å². The molecule has 1 N–H and O–H groups in total. The summed E-state index contributed by atoms with van der Waals surface area (Å²) in [6, 6.07) is 10.6. The number of thioether (sulfide) groups is 1. The average molecular weight is 239 g/mol. The van der Waals surface area contributed by atoms with Gasteiger partial charge < -0.3 is 10.1 Å². The number of hydrogen-bond donors (Lipinski definition) is 1. The van der Waals surface area contributed by atoms with Gasteiger partial charge in [0.25, 0.3) is 0 Å². The summed E-state index contributed by atoms with van der Waals surface area (Å²) in [5, 5.41) is 3.41.